The summed E-state index contributed by atoms with van der Waals surface area (Å²) in [5, 5.41) is 0. The topological polar surface area (TPSA) is 73.7 Å². The summed E-state index contributed by atoms with van der Waals surface area (Å²) in [6.45, 7) is 4.55. The van der Waals surface area contributed by atoms with Gasteiger partial charge in [-0.15, -0.1) is 0 Å². The summed E-state index contributed by atoms with van der Waals surface area (Å²) in [4.78, 5) is 32.8. The number of allylic oxidation sites excluding steroid dienone is 2. The number of methoxy groups -OCH3 is 1. The molecule has 30 heavy (non-hydrogen) atoms. The highest BCUT2D eigenvalue weighted by atomic mass is 16.5. The molecule has 0 spiro atoms. The van der Waals surface area contributed by atoms with E-state index >= 15 is 0 Å². The van der Waals surface area contributed by atoms with Gasteiger partial charge in [-0.2, -0.15) is 0 Å². The number of aromatic nitrogens is 2. The van der Waals surface area contributed by atoms with Crippen molar-refractivity contribution in [2.45, 2.75) is 32.2 Å². The lowest BCUT2D eigenvalue weighted by Gasteiger charge is -2.35. The molecule has 1 atom stereocenters. The molecule has 156 valence electrons. The number of fused-ring (bicyclic) bond motifs is 5. The molecule has 1 amide bonds. The molecule has 2 aliphatic heterocycles. The van der Waals surface area contributed by atoms with E-state index in [9.17, 15) is 9.59 Å². The van der Waals surface area contributed by atoms with Crippen molar-refractivity contribution in [3.05, 3.63) is 65.8 Å². The molecule has 7 heteroatoms. The molecule has 0 N–H and O–H groups in total. The fourth-order valence-corrected chi connectivity index (χ4v) is 4.45. The lowest BCUT2D eigenvalue weighted by atomic mass is 9.89. The highest BCUT2D eigenvalue weighted by Crippen LogP contribution is 2.46. The van der Waals surface area contributed by atoms with Gasteiger partial charge in [0.05, 0.1) is 24.1 Å². The number of hydrogen-bond donors (Lipinski definition) is 0. The Bertz CT molecular complexity index is 1050. The Morgan fingerprint density at radius 2 is 2.13 bits per heavy atom. The number of ether oxygens (including phenoxy) is 2. The summed E-state index contributed by atoms with van der Waals surface area (Å²) < 4.78 is 12.6. The van der Waals surface area contributed by atoms with Crippen molar-refractivity contribution in [2.24, 2.45) is 0 Å². The fourth-order valence-electron chi connectivity index (χ4n) is 4.45. The predicted molar refractivity (Wildman–Crippen MR) is 112 cm³/mol. The van der Waals surface area contributed by atoms with Crippen molar-refractivity contribution in [3.63, 3.8) is 0 Å². The van der Waals surface area contributed by atoms with Crippen LogP contribution in [0.5, 0.6) is 5.75 Å². The van der Waals surface area contributed by atoms with Gasteiger partial charge in [0.2, 0.25) is 0 Å². The molecule has 0 radical (unpaired) electrons. The lowest BCUT2D eigenvalue weighted by Crippen LogP contribution is -2.44. The minimum absolute atomic E-state index is 0.0866. The second-order valence-corrected chi connectivity index (χ2v) is 7.35. The zero-order valence-corrected chi connectivity index (χ0v) is 17.4. The van der Waals surface area contributed by atoms with E-state index in [-0.39, 0.29) is 18.2 Å². The van der Waals surface area contributed by atoms with Gasteiger partial charge in [-0.3, -0.25) is 9.36 Å². The van der Waals surface area contributed by atoms with Crippen molar-refractivity contribution >= 4 is 11.9 Å². The number of imidazole rings is 1. The number of nitrogens with zero attached hydrogens (tertiary/aromatic N) is 3. The minimum atomic E-state index is -0.760. The lowest BCUT2D eigenvalue weighted by molar-refractivity contribution is 0.0526. The van der Waals surface area contributed by atoms with Gasteiger partial charge in [-0.1, -0.05) is 24.3 Å². The first kappa shape index (κ1) is 19.9. The van der Waals surface area contributed by atoms with Crippen LogP contribution in [-0.4, -0.2) is 46.6 Å². The summed E-state index contributed by atoms with van der Waals surface area (Å²) in [6, 6.07) is 5.38. The van der Waals surface area contributed by atoms with Gasteiger partial charge in [-0.25, -0.2) is 9.78 Å². The summed E-state index contributed by atoms with van der Waals surface area (Å²) in [5.41, 5.74) is 1.34. The number of amides is 1. The van der Waals surface area contributed by atoms with Crippen LogP contribution in [0.15, 0.2) is 48.8 Å². The van der Waals surface area contributed by atoms with Crippen molar-refractivity contribution in [2.75, 3.05) is 20.3 Å². The molecule has 0 saturated carbocycles. The van der Waals surface area contributed by atoms with E-state index < -0.39 is 11.5 Å². The first-order valence-corrected chi connectivity index (χ1v) is 10.1. The number of esters is 1. The van der Waals surface area contributed by atoms with Gasteiger partial charge in [0.1, 0.15) is 24.2 Å². The molecule has 1 aromatic heterocycles. The van der Waals surface area contributed by atoms with Crippen LogP contribution in [0.3, 0.4) is 0 Å². The van der Waals surface area contributed by atoms with E-state index in [0.717, 1.165) is 6.42 Å². The number of carbonyl (C=O) groups excluding carboxylic acids is 2. The molecule has 2 aromatic rings. The Balaban J connectivity index is 1.96. The Morgan fingerprint density at radius 3 is 2.87 bits per heavy atom. The molecule has 1 aromatic carbocycles. The van der Waals surface area contributed by atoms with E-state index in [1.165, 1.54) is 0 Å². The smallest absolute Gasteiger partial charge is 0.359 e. The Labute approximate surface area is 175 Å². The van der Waals surface area contributed by atoms with E-state index in [1.807, 2.05) is 47.6 Å². The van der Waals surface area contributed by atoms with Crippen LogP contribution < -0.4 is 4.74 Å². The first-order chi connectivity index (χ1) is 14.6. The van der Waals surface area contributed by atoms with Gasteiger partial charge >= 0.3 is 5.97 Å². The molecular weight excluding hydrogens is 382 g/mol. The maximum atomic E-state index is 13.6. The molecule has 2 aliphatic rings. The van der Waals surface area contributed by atoms with E-state index in [4.69, 9.17) is 9.47 Å². The van der Waals surface area contributed by atoms with Gasteiger partial charge in [-0.05, 0) is 44.9 Å². The van der Waals surface area contributed by atoms with Crippen molar-refractivity contribution in [3.8, 4) is 11.4 Å². The SMILES string of the molecule is CC=CCOC(=O)c1ncn2c1C1(C=CC)CCCN1C(=O)c1cc(OC)ccc1-2. The second kappa shape index (κ2) is 7.82. The summed E-state index contributed by atoms with van der Waals surface area (Å²) >= 11 is 0. The van der Waals surface area contributed by atoms with E-state index in [1.54, 1.807) is 31.6 Å². The molecule has 1 unspecified atom stereocenters. The van der Waals surface area contributed by atoms with Crippen LogP contribution in [0.25, 0.3) is 5.69 Å². The Kier molecular flexibility index (Phi) is 5.20. The van der Waals surface area contributed by atoms with E-state index in [0.29, 0.717) is 35.7 Å². The average molecular weight is 407 g/mol. The third-order valence-electron chi connectivity index (χ3n) is 5.72. The third-order valence-corrected chi connectivity index (χ3v) is 5.72. The Hall–Kier alpha value is -3.35. The van der Waals surface area contributed by atoms with Crippen molar-refractivity contribution in [1.82, 2.24) is 14.5 Å². The third kappa shape index (κ3) is 2.93. The zero-order chi connectivity index (χ0) is 21.3. The largest absolute Gasteiger partial charge is 0.497 e. The molecule has 7 nitrogen and oxygen atoms in total. The normalized spacial score (nSPS) is 20.2. The van der Waals surface area contributed by atoms with E-state index in [2.05, 4.69) is 4.98 Å². The van der Waals surface area contributed by atoms with Crippen LogP contribution in [0.4, 0.5) is 0 Å². The quantitative estimate of drug-likeness (QED) is 0.559. The van der Waals surface area contributed by atoms with Crippen LogP contribution >= 0.6 is 0 Å². The first-order valence-electron chi connectivity index (χ1n) is 10.1. The number of benzene rings is 1. The Morgan fingerprint density at radius 1 is 1.30 bits per heavy atom. The van der Waals surface area contributed by atoms with Crippen LogP contribution in [0.2, 0.25) is 0 Å². The molecule has 0 aliphatic carbocycles. The van der Waals surface area contributed by atoms with Crippen LogP contribution in [0.1, 0.15) is 53.2 Å². The number of rotatable bonds is 5. The van der Waals surface area contributed by atoms with Crippen LogP contribution in [-0.2, 0) is 10.3 Å². The summed E-state index contributed by atoms with van der Waals surface area (Å²) in [6.07, 6.45) is 10.6. The average Bonchev–Trinajstić information content (AvgIpc) is 3.36. The highest BCUT2D eigenvalue weighted by Gasteiger charge is 2.50. The second-order valence-electron chi connectivity index (χ2n) is 7.35. The maximum Gasteiger partial charge on any atom is 0.359 e. The number of hydrogen-bond acceptors (Lipinski definition) is 5. The molecule has 4 rings (SSSR count). The van der Waals surface area contributed by atoms with Gasteiger partial charge in [0.15, 0.2) is 5.69 Å². The molecular formula is C23H25N3O4. The zero-order valence-electron chi connectivity index (χ0n) is 17.4. The molecule has 1 fully saturated rings. The van der Waals surface area contributed by atoms with Gasteiger partial charge in [0, 0.05) is 6.54 Å². The van der Waals surface area contributed by atoms with Gasteiger partial charge in [0.25, 0.3) is 5.91 Å². The minimum Gasteiger partial charge on any atom is -0.497 e. The summed E-state index contributed by atoms with van der Waals surface area (Å²) in [7, 11) is 1.57. The van der Waals surface area contributed by atoms with Crippen molar-refractivity contribution in [1.29, 1.82) is 0 Å². The monoisotopic (exact) mass is 407 g/mol. The van der Waals surface area contributed by atoms with Crippen LogP contribution in [0, 0.1) is 0 Å². The standard InChI is InChI=1S/C23H25N3O4/c1-4-6-13-30-22(28)19-20-23(10-5-2)11-7-12-26(23)21(27)17-14-16(29-3)8-9-18(17)25(20)15-24-19/h4-6,8-10,14-15H,7,11-13H2,1-3H3. The maximum absolute atomic E-state index is 13.6. The number of carbonyl (C=O) groups is 2. The molecule has 1 saturated heterocycles. The molecule has 0 bridgehead atoms. The van der Waals surface area contributed by atoms with Crippen molar-refractivity contribution < 1.29 is 19.1 Å². The van der Waals surface area contributed by atoms with Gasteiger partial charge < -0.3 is 14.4 Å². The summed E-state index contributed by atoms with van der Waals surface area (Å²) in [5.74, 6) is 0.0194. The highest BCUT2D eigenvalue weighted by molar-refractivity contribution is 6.01. The fraction of sp³-hybridized carbons (Fsp3) is 0.348. The molecule has 3 heterocycles. The predicted octanol–water partition coefficient (Wildman–Crippen LogP) is 3.63.